The predicted molar refractivity (Wildman–Crippen MR) is 90.1 cm³/mol. The number of hydrogen-bond donors (Lipinski definition) is 3. The van der Waals surface area contributed by atoms with Gasteiger partial charge in [-0.2, -0.15) is 0 Å². The number of amides is 3. The third-order valence-corrected chi connectivity index (χ3v) is 3.09. The largest absolute Gasteiger partial charge is 0.484 e. The number of hydrogen-bond acceptors (Lipinski definition) is 5. The predicted octanol–water partition coefficient (Wildman–Crippen LogP) is 1.78. The van der Waals surface area contributed by atoms with E-state index in [1.165, 1.54) is 24.3 Å². The molecule has 0 atom stereocenters. The Morgan fingerprint density at radius 2 is 1.72 bits per heavy atom. The van der Waals surface area contributed by atoms with Crippen LogP contribution in [-0.4, -0.2) is 23.5 Å². The highest BCUT2D eigenvalue weighted by atomic mass is 16.6. The number of non-ortho nitro benzene ring substituents is 1. The van der Waals surface area contributed by atoms with Crippen LogP contribution >= 0.6 is 0 Å². The van der Waals surface area contributed by atoms with E-state index < -0.39 is 16.9 Å². The van der Waals surface area contributed by atoms with Crippen LogP contribution in [0.5, 0.6) is 5.75 Å². The van der Waals surface area contributed by atoms with E-state index in [0.717, 1.165) is 5.56 Å². The number of primary amides is 1. The van der Waals surface area contributed by atoms with Crippen LogP contribution in [0.4, 0.5) is 16.2 Å². The molecule has 0 aromatic heterocycles. The van der Waals surface area contributed by atoms with Crippen molar-refractivity contribution in [2.45, 2.75) is 6.54 Å². The molecule has 130 valence electrons. The lowest BCUT2D eigenvalue weighted by Crippen LogP contribution is -2.28. The van der Waals surface area contributed by atoms with E-state index in [1.54, 1.807) is 24.3 Å². The van der Waals surface area contributed by atoms with Gasteiger partial charge in [-0.15, -0.1) is 0 Å². The summed E-state index contributed by atoms with van der Waals surface area (Å²) in [6.45, 7) is 0.0736. The summed E-state index contributed by atoms with van der Waals surface area (Å²) in [4.78, 5) is 32.5. The van der Waals surface area contributed by atoms with Gasteiger partial charge in [0.25, 0.3) is 11.6 Å². The molecule has 9 nitrogen and oxygen atoms in total. The fraction of sp³-hybridized carbons (Fsp3) is 0.125. The van der Waals surface area contributed by atoms with E-state index >= 15 is 0 Å². The zero-order valence-electron chi connectivity index (χ0n) is 13.1. The Kier molecular flexibility index (Phi) is 5.88. The van der Waals surface area contributed by atoms with E-state index in [-0.39, 0.29) is 18.8 Å². The SMILES string of the molecule is NC(=O)COc1ccc(CNC(=O)Nc2ccc([N+](=O)[O-])cc2)cc1. The maximum atomic E-state index is 11.8. The Morgan fingerprint density at radius 1 is 1.08 bits per heavy atom. The molecule has 0 unspecified atom stereocenters. The number of benzene rings is 2. The maximum Gasteiger partial charge on any atom is 0.319 e. The third kappa shape index (κ3) is 5.82. The van der Waals surface area contributed by atoms with E-state index in [1.807, 2.05) is 0 Å². The van der Waals surface area contributed by atoms with Gasteiger partial charge in [-0.3, -0.25) is 14.9 Å². The monoisotopic (exact) mass is 344 g/mol. The lowest BCUT2D eigenvalue weighted by atomic mass is 10.2. The van der Waals surface area contributed by atoms with Gasteiger partial charge in [0.2, 0.25) is 0 Å². The molecule has 0 aliphatic heterocycles. The van der Waals surface area contributed by atoms with Crippen LogP contribution in [0.3, 0.4) is 0 Å². The quantitative estimate of drug-likeness (QED) is 0.519. The van der Waals surface area contributed by atoms with Crippen LogP contribution in [0.2, 0.25) is 0 Å². The summed E-state index contributed by atoms with van der Waals surface area (Å²) in [6.07, 6.45) is 0. The number of carbonyl (C=O) groups excluding carboxylic acids is 2. The number of urea groups is 1. The van der Waals surface area contributed by atoms with Gasteiger partial charge < -0.3 is 21.1 Å². The first kappa shape index (κ1) is 17.7. The number of nitro benzene ring substituents is 1. The fourth-order valence-electron chi connectivity index (χ4n) is 1.88. The highest BCUT2D eigenvalue weighted by Crippen LogP contribution is 2.15. The molecule has 3 amide bonds. The first-order valence-electron chi connectivity index (χ1n) is 7.23. The third-order valence-electron chi connectivity index (χ3n) is 3.09. The minimum atomic E-state index is -0.561. The number of anilines is 1. The Balaban J connectivity index is 1.81. The molecule has 4 N–H and O–H groups in total. The van der Waals surface area contributed by atoms with E-state index in [2.05, 4.69) is 10.6 Å². The normalized spacial score (nSPS) is 9.92. The van der Waals surface area contributed by atoms with Crippen molar-refractivity contribution in [2.24, 2.45) is 5.73 Å². The maximum absolute atomic E-state index is 11.8. The van der Waals surface area contributed by atoms with Gasteiger partial charge >= 0.3 is 6.03 Å². The Bertz CT molecular complexity index is 759. The van der Waals surface area contributed by atoms with Crippen molar-refractivity contribution in [3.63, 3.8) is 0 Å². The average molecular weight is 344 g/mol. The molecule has 9 heteroatoms. The number of ether oxygens (including phenoxy) is 1. The summed E-state index contributed by atoms with van der Waals surface area (Å²) in [5.74, 6) is -0.0634. The summed E-state index contributed by atoms with van der Waals surface area (Å²) < 4.78 is 5.13. The van der Waals surface area contributed by atoms with Gasteiger partial charge in [0.15, 0.2) is 6.61 Å². The Labute approximate surface area is 142 Å². The minimum absolute atomic E-state index is 0.0513. The van der Waals surface area contributed by atoms with E-state index in [9.17, 15) is 19.7 Å². The van der Waals surface area contributed by atoms with Crippen molar-refractivity contribution in [1.29, 1.82) is 0 Å². The van der Waals surface area contributed by atoms with Crippen LogP contribution in [-0.2, 0) is 11.3 Å². The zero-order chi connectivity index (χ0) is 18.2. The Hall–Kier alpha value is -3.62. The van der Waals surface area contributed by atoms with Crippen molar-refractivity contribution < 1.29 is 19.2 Å². The molecule has 0 saturated heterocycles. The van der Waals surface area contributed by atoms with Gasteiger partial charge in [0.1, 0.15) is 5.75 Å². The molecular weight excluding hydrogens is 328 g/mol. The number of carbonyl (C=O) groups is 2. The first-order valence-corrected chi connectivity index (χ1v) is 7.23. The molecule has 0 aliphatic rings. The lowest BCUT2D eigenvalue weighted by molar-refractivity contribution is -0.384. The number of nitrogens with one attached hydrogen (secondary N) is 2. The molecule has 2 aromatic carbocycles. The molecule has 2 aromatic rings. The second kappa shape index (κ2) is 8.29. The summed E-state index contributed by atoms with van der Waals surface area (Å²) in [5.41, 5.74) is 6.20. The molecule has 0 aliphatic carbocycles. The summed E-state index contributed by atoms with van der Waals surface area (Å²) >= 11 is 0. The van der Waals surface area contributed by atoms with Gasteiger partial charge in [-0.25, -0.2) is 4.79 Å². The van der Waals surface area contributed by atoms with Gasteiger partial charge in [-0.1, -0.05) is 12.1 Å². The standard InChI is InChI=1S/C16H16N4O5/c17-15(21)10-25-14-7-1-11(2-8-14)9-18-16(22)19-12-3-5-13(6-4-12)20(23)24/h1-8H,9-10H2,(H2,17,21)(H2,18,19,22). The molecule has 0 spiro atoms. The molecule has 25 heavy (non-hydrogen) atoms. The number of rotatable bonds is 7. The second-order valence-electron chi connectivity index (χ2n) is 5.01. The van der Waals surface area contributed by atoms with Gasteiger partial charge in [0, 0.05) is 24.4 Å². The van der Waals surface area contributed by atoms with Crippen LogP contribution in [0.25, 0.3) is 0 Å². The molecule has 2 rings (SSSR count). The minimum Gasteiger partial charge on any atom is -0.484 e. The molecule has 0 bridgehead atoms. The van der Waals surface area contributed by atoms with Crippen molar-refractivity contribution in [3.8, 4) is 5.75 Å². The molecule has 0 saturated carbocycles. The smallest absolute Gasteiger partial charge is 0.319 e. The first-order chi connectivity index (χ1) is 11.9. The molecular formula is C16H16N4O5. The van der Waals surface area contributed by atoms with Crippen LogP contribution in [0.1, 0.15) is 5.56 Å². The van der Waals surface area contributed by atoms with Crippen LogP contribution in [0, 0.1) is 10.1 Å². The van der Waals surface area contributed by atoms with Crippen molar-refractivity contribution >= 4 is 23.3 Å². The number of nitro groups is 1. The molecule has 0 fully saturated rings. The van der Waals surface area contributed by atoms with Crippen molar-refractivity contribution in [2.75, 3.05) is 11.9 Å². The van der Waals surface area contributed by atoms with Crippen LogP contribution in [0.15, 0.2) is 48.5 Å². The number of nitrogens with zero attached hydrogens (tertiary/aromatic N) is 1. The van der Waals surface area contributed by atoms with Crippen LogP contribution < -0.4 is 21.1 Å². The summed E-state index contributed by atoms with van der Waals surface area (Å²) in [5, 5.41) is 15.8. The molecule has 0 radical (unpaired) electrons. The summed E-state index contributed by atoms with van der Waals surface area (Å²) in [6, 6.07) is 11.9. The zero-order valence-corrected chi connectivity index (χ0v) is 13.1. The topological polar surface area (TPSA) is 137 Å². The van der Waals surface area contributed by atoms with E-state index in [4.69, 9.17) is 10.5 Å². The van der Waals surface area contributed by atoms with Crippen molar-refractivity contribution in [1.82, 2.24) is 5.32 Å². The lowest BCUT2D eigenvalue weighted by Gasteiger charge is -2.08. The highest BCUT2D eigenvalue weighted by Gasteiger charge is 2.06. The second-order valence-corrected chi connectivity index (χ2v) is 5.01. The highest BCUT2D eigenvalue weighted by molar-refractivity contribution is 5.89. The van der Waals surface area contributed by atoms with Crippen molar-refractivity contribution in [3.05, 3.63) is 64.2 Å². The van der Waals surface area contributed by atoms with E-state index in [0.29, 0.717) is 11.4 Å². The average Bonchev–Trinajstić information content (AvgIpc) is 2.59. The molecule has 0 heterocycles. The Morgan fingerprint density at radius 3 is 2.28 bits per heavy atom. The summed E-state index contributed by atoms with van der Waals surface area (Å²) in [7, 11) is 0. The van der Waals surface area contributed by atoms with Gasteiger partial charge in [0.05, 0.1) is 4.92 Å². The number of nitrogens with two attached hydrogens (primary N) is 1. The van der Waals surface area contributed by atoms with Gasteiger partial charge in [-0.05, 0) is 29.8 Å². The fourth-order valence-corrected chi connectivity index (χ4v) is 1.88.